The van der Waals surface area contributed by atoms with Gasteiger partial charge in [0.15, 0.2) is 0 Å². The van der Waals surface area contributed by atoms with E-state index in [1.54, 1.807) is 11.3 Å². The Bertz CT molecular complexity index is 3600. The zero-order chi connectivity index (χ0) is 40.4. The summed E-state index contributed by atoms with van der Waals surface area (Å²) in [5.74, 6) is 0. The van der Waals surface area contributed by atoms with Gasteiger partial charge in [-0.3, -0.25) is 0 Å². The molecule has 0 saturated carbocycles. The van der Waals surface area contributed by atoms with Crippen molar-refractivity contribution in [3.63, 3.8) is 0 Å². The molecule has 3 aromatic heterocycles. The van der Waals surface area contributed by atoms with Gasteiger partial charge in [0, 0.05) is 47.4 Å². The number of fused-ring (bicyclic) bond motifs is 9. The van der Waals surface area contributed by atoms with E-state index in [9.17, 15) is 1.37 Å². The highest BCUT2D eigenvalue weighted by Crippen LogP contribution is 2.46. The predicted molar refractivity (Wildman–Crippen MR) is 219 cm³/mol. The van der Waals surface area contributed by atoms with E-state index < -0.39 is 0 Å². The van der Waals surface area contributed by atoms with Gasteiger partial charge in [-0.25, -0.2) is 0 Å². The van der Waals surface area contributed by atoms with Crippen LogP contribution in [0, 0.1) is 0 Å². The summed E-state index contributed by atoms with van der Waals surface area (Å²) in [5, 5.41) is 5.18. The molecule has 0 radical (unpaired) electrons. The number of aromatic nitrogens is 2. The van der Waals surface area contributed by atoms with Crippen molar-refractivity contribution >= 4 is 75.1 Å². The van der Waals surface area contributed by atoms with Crippen molar-refractivity contribution in [2.24, 2.45) is 0 Å². The van der Waals surface area contributed by atoms with Crippen molar-refractivity contribution in [1.29, 1.82) is 0 Å². The Morgan fingerprint density at radius 1 is 0.451 bits per heavy atom. The highest BCUT2D eigenvalue weighted by atomic mass is 32.1. The normalized spacial score (nSPS) is 14.1. The average Bonchev–Trinajstić information content (AvgIpc) is 3.93. The van der Waals surface area contributed by atoms with Crippen LogP contribution < -0.4 is 0 Å². The van der Waals surface area contributed by atoms with E-state index in [1.165, 1.54) is 0 Å². The summed E-state index contributed by atoms with van der Waals surface area (Å²) in [6, 6.07) is 42.3. The first-order chi connectivity index (χ1) is 28.7. The van der Waals surface area contributed by atoms with Crippen molar-refractivity contribution in [3.05, 3.63) is 182 Å². The molecular formula is C48H30N2S. The first-order valence-corrected chi connectivity index (χ1v) is 17.6. The second-order valence-electron chi connectivity index (χ2n) is 12.7. The SMILES string of the molecule is [2H]c1c([2H])c(-c2ccccc2)c([2H])c(-c2ccc(-n3c4ccccc4c4cc(-n5c6ccccc6c6c([2H])c([2H])c([2H])c([2H])c65)ccc43)c3c2sc2ccccc23)c1[2H]. The molecule has 2 nitrogen and oxygen atoms in total. The fourth-order valence-electron chi connectivity index (χ4n) is 7.72. The molecule has 0 bridgehead atoms. The molecule has 8 aromatic carbocycles. The van der Waals surface area contributed by atoms with Crippen LogP contribution >= 0.6 is 11.3 Å². The third kappa shape index (κ3) is 4.22. The third-order valence-electron chi connectivity index (χ3n) is 9.92. The fraction of sp³-hybridized carbons (Fsp3) is 0. The van der Waals surface area contributed by atoms with Gasteiger partial charge in [0.05, 0.1) is 38.7 Å². The molecule has 0 aliphatic rings. The summed E-state index contributed by atoms with van der Waals surface area (Å²) in [6.45, 7) is 0. The van der Waals surface area contributed by atoms with Gasteiger partial charge in [-0.05, 0) is 76.8 Å². The van der Waals surface area contributed by atoms with E-state index >= 15 is 0 Å². The molecule has 0 aliphatic carbocycles. The van der Waals surface area contributed by atoms with Crippen LogP contribution in [-0.2, 0) is 0 Å². The number of para-hydroxylation sites is 3. The molecule has 0 aliphatic heterocycles. The Morgan fingerprint density at radius 3 is 2.00 bits per heavy atom. The van der Waals surface area contributed by atoms with E-state index in [2.05, 4.69) is 41.0 Å². The maximum atomic E-state index is 9.48. The maximum Gasteiger partial charge on any atom is 0.0645 e. The number of thiophene rings is 1. The zero-order valence-corrected chi connectivity index (χ0v) is 27.8. The van der Waals surface area contributed by atoms with Crippen LogP contribution in [0.5, 0.6) is 0 Å². The number of nitrogens with zero attached hydrogens (tertiary/aromatic N) is 2. The molecule has 0 amide bonds. The summed E-state index contributed by atoms with van der Waals surface area (Å²) >= 11 is 1.59. The summed E-state index contributed by atoms with van der Waals surface area (Å²) in [5.41, 5.74) is 6.77. The van der Waals surface area contributed by atoms with Gasteiger partial charge in [0.25, 0.3) is 0 Å². The van der Waals surface area contributed by atoms with Crippen molar-refractivity contribution < 1.29 is 11.0 Å². The van der Waals surface area contributed by atoms with Crippen LogP contribution in [0.4, 0.5) is 0 Å². The lowest BCUT2D eigenvalue weighted by atomic mass is 9.97. The molecule has 11 aromatic rings. The predicted octanol–water partition coefficient (Wildman–Crippen LogP) is 13.6. The lowest BCUT2D eigenvalue weighted by Crippen LogP contribution is -1.97. The van der Waals surface area contributed by atoms with Crippen LogP contribution in [0.3, 0.4) is 0 Å². The van der Waals surface area contributed by atoms with Gasteiger partial charge >= 0.3 is 0 Å². The number of hydrogen-bond donors (Lipinski definition) is 0. The number of rotatable bonds is 4. The van der Waals surface area contributed by atoms with Gasteiger partial charge in [-0.1, -0.05) is 127 Å². The van der Waals surface area contributed by atoms with Gasteiger partial charge in [-0.2, -0.15) is 0 Å². The van der Waals surface area contributed by atoms with Crippen molar-refractivity contribution in [1.82, 2.24) is 9.13 Å². The average molecular weight is 675 g/mol. The van der Waals surface area contributed by atoms with E-state index in [4.69, 9.17) is 9.60 Å². The molecule has 0 saturated heterocycles. The fourth-order valence-corrected chi connectivity index (χ4v) is 8.96. The van der Waals surface area contributed by atoms with Crippen molar-refractivity contribution in [2.45, 2.75) is 0 Å². The summed E-state index contributed by atoms with van der Waals surface area (Å²) < 4.78 is 77.3. The highest BCUT2D eigenvalue weighted by Gasteiger charge is 2.21. The summed E-state index contributed by atoms with van der Waals surface area (Å²) in [7, 11) is 0. The minimum atomic E-state index is -0.277. The Labute approximate surface area is 309 Å². The van der Waals surface area contributed by atoms with Crippen LogP contribution in [0.2, 0.25) is 0 Å². The lowest BCUT2D eigenvalue weighted by molar-refractivity contribution is 1.17. The summed E-state index contributed by atoms with van der Waals surface area (Å²) in [6.07, 6.45) is 0. The first-order valence-electron chi connectivity index (χ1n) is 20.8. The zero-order valence-electron chi connectivity index (χ0n) is 35.0. The molecule has 0 atom stereocenters. The molecule has 3 heteroatoms. The molecule has 0 N–H and O–H groups in total. The standard InChI is InChI=1S/C48H30N2S/c1-2-13-31(14-3-1)32-15-12-16-33(29-32)35-26-28-45(47-39-20-7-11-24-46(39)51-48(35)47)50-43-23-10-6-19-38(43)40-30-34(25-27-44(40)50)49-41-21-8-4-17-36(41)37-18-5-9-22-42(37)49/h1-30H/i4D,8D,12D,15D,16D,17D,21D,29D. The van der Waals surface area contributed by atoms with E-state index in [1.807, 2.05) is 102 Å². The first kappa shape index (κ1) is 21.6. The van der Waals surface area contributed by atoms with Crippen LogP contribution in [0.25, 0.3) is 97.4 Å². The molecule has 0 spiro atoms. The van der Waals surface area contributed by atoms with Gasteiger partial charge in [0.1, 0.15) is 0 Å². The van der Waals surface area contributed by atoms with Crippen molar-refractivity contribution in [2.75, 3.05) is 0 Å². The minimum absolute atomic E-state index is 0.0491. The minimum Gasteiger partial charge on any atom is -0.309 e. The quantitative estimate of drug-likeness (QED) is 0.176. The molecule has 3 heterocycles. The number of benzene rings is 8. The van der Waals surface area contributed by atoms with E-state index in [0.717, 1.165) is 64.3 Å². The Balaban J connectivity index is 1.21. The van der Waals surface area contributed by atoms with Gasteiger partial charge in [0.2, 0.25) is 0 Å². The van der Waals surface area contributed by atoms with Crippen LogP contribution in [0.1, 0.15) is 11.0 Å². The Kier molecular flexibility index (Phi) is 4.68. The molecular weight excluding hydrogens is 637 g/mol. The van der Waals surface area contributed by atoms with E-state index in [-0.39, 0.29) is 48.3 Å². The topological polar surface area (TPSA) is 9.86 Å². The van der Waals surface area contributed by atoms with Crippen LogP contribution in [0.15, 0.2) is 182 Å². The lowest BCUT2D eigenvalue weighted by Gasteiger charge is -2.14. The Morgan fingerprint density at radius 2 is 1.14 bits per heavy atom. The maximum absolute atomic E-state index is 9.48. The monoisotopic (exact) mass is 674 g/mol. The smallest absolute Gasteiger partial charge is 0.0645 e. The Hall–Kier alpha value is -6.42. The second-order valence-corrected chi connectivity index (χ2v) is 13.7. The van der Waals surface area contributed by atoms with Crippen molar-refractivity contribution in [3.8, 4) is 33.6 Å². The van der Waals surface area contributed by atoms with E-state index in [0.29, 0.717) is 33.2 Å². The molecule has 11 rings (SSSR count). The second kappa shape index (κ2) is 11.0. The number of hydrogen-bond acceptors (Lipinski definition) is 1. The van der Waals surface area contributed by atoms with Gasteiger partial charge in [-0.15, -0.1) is 11.3 Å². The molecule has 51 heavy (non-hydrogen) atoms. The summed E-state index contributed by atoms with van der Waals surface area (Å²) in [4.78, 5) is 0. The van der Waals surface area contributed by atoms with Gasteiger partial charge < -0.3 is 9.13 Å². The molecule has 0 fully saturated rings. The third-order valence-corrected chi connectivity index (χ3v) is 11.1. The highest BCUT2D eigenvalue weighted by molar-refractivity contribution is 7.26. The largest absolute Gasteiger partial charge is 0.309 e. The van der Waals surface area contributed by atoms with Crippen LogP contribution in [-0.4, -0.2) is 9.13 Å². The molecule has 238 valence electrons. The molecule has 0 unspecified atom stereocenters.